The first kappa shape index (κ1) is 30.7. The van der Waals surface area contributed by atoms with Gasteiger partial charge in [0.05, 0.1) is 12.8 Å². The molecule has 2 N–H and O–H groups in total. The van der Waals surface area contributed by atoms with Crippen LogP contribution < -0.4 is 20.2 Å². The predicted octanol–water partition coefficient (Wildman–Crippen LogP) is 7.19. The van der Waals surface area contributed by atoms with Crippen LogP contribution in [0.4, 0.5) is 5.69 Å². The van der Waals surface area contributed by atoms with Crippen molar-refractivity contribution in [3.05, 3.63) is 99.0 Å². The van der Waals surface area contributed by atoms with Gasteiger partial charge in [-0.25, -0.2) is 5.43 Å². The van der Waals surface area contributed by atoms with Gasteiger partial charge in [-0.1, -0.05) is 47.5 Å². The Morgan fingerprint density at radius 1 is 1.00 bits per heavy atom. The first-order valence-electron chi connectivity index (χ1n) is 12.9. The molecule has 7 nitrogen and oxygen atoms in total. The zero-order chi connectivity index (χ0) is 29.1. The number of halogens is 2. The highest BCUT2D eigenvalue weighted by Gasteiger charge is 2.15. The molecule has 2 amide bonds. The van der Waals surface area contributed by atoms with Crippen molar-refractivity contribution in [2.24, 2.45) is 5.10 Å². The Morgan fingerprint density at radius 3 is 2.50 bits per heavy atom. The second-order valence-electron chi connectivity index (χ2n) is 9.05. The standard InChI is InChI=1S/C31H33Cl2N3O4/c1-5-8-23-15-22(16-28(39-6-2)31(23)40-19-24-11-12-25(32)17-26(24)33)18-34-36-30(38)14-13-29(37)35-27-10-7-9-20(3)21(27)4/h5,7,9-12,15-18H,1,6,8,13-14,19H2,2-4H3,(H,35,37)(H,36,38). The van der Waals surface area contributed by atoms with Gasteiger partial charge in [0.1, 0.15) is 6.61 Å². The SMILES string of the molecule is C=CCc1cc(C=NNC(=O)CCC(=O)Nc2cccc(C)c2C)cc(OCC)c1OCc1ccc(Cl)cc1Cl. The number of nitrogens with one attached hydrogen (secondary N) is 2. The van der Waals surface area contributed by atoms with Gasteiger partial charge >= 0.3 is 0 Å². The predicted molar refractivity (Wildman–Crippen MR) is 162 cm³/mol. The summed E-state index contributed by atoms with van der Waals surface area (Å²) >= 11 is 12.3. The Bertz CT molecular complexity index is 1410. The Labute approximate surface area is 245 Å². The highest BCUT2D eigenvalue weighted by atomic mass is 35.5. The summed E-state index contributed by atoms with van der Waals surface area (Å²) in [6.45, 7) is 10.3. The second-order valence-corrected chi connectivity index (χ2v) is 9.89. The molecule has 0 aliphatic heterocycles. The quantitative estimate of drug-likeness (QED) is 0.127. The highest BCUT2D eigenvalue weighted by Crippen LogP contribution is 2.35. The van der Waals surface area contributed by atoms with E-state index >= 15 is 0 Å². The number of carbonyl (C=O) groups excluding carboxylic acids is 2. The lowest BCUT2D eigenvalue weighted by atomic mass is 10.1. The normalized spacial score (nSPS) is 10.8. The number of nitrogens with zero attached hydrogens (tertiary/aromatic N) is 1. The Morgan fingerprint density at radius 2 is 1.77 bits per heavy atom. The molecule has 0 aromatic heterocycles. The molecule has 40 heavy (non-hydrogen) atoms. The molecule has 9 heteroatoms. The summed E-state index contributed by atoms with van der Waals surface area (Å²) in [5.74, 6) is 0.494. The van der Waals surface area contributed by atoms with Crippen LogP contribution in [0.15, 0.2) is 66.3 Å². The number of ether oxygens (including phenoxy) is 2. The first-order chi connectivity index (χ1) is 19.2. The number of aryl methyl sites for hydroxylation is 1. The lowest BCUT2D eigenvalue weighted by Gasteiger charge is -2.17. The molecule has 3 rings (SSSR count). The van der Waals surface area contributed by atoms with Crippen LogP contribution in [0.1, 0.15) is 47.6 Å². The second kappa shape index (κ2) is 15.1. The van der Waals surface area contributed by atoms with Gasteiger partial charge in [0.2, 0.25) is 11.8 Å². The number of allylic oxidation sites excluding steroid dienone is 1. The molecule has 0 unspecified atom stereocenters. The molecule has 0 spiro atoms. The van der Waals surface area contributed by atoms with E-state index in [0.29, 0.717) is 40.1 Å². The van der Waals surface area contributed by atoms with E-state index in [9.17, 15) is 9.59 Å². The van der Waals surface area contributed by atoms with Gasteiger partial charge in [-0.2, -0.15) is 5.10 Å². The van der Waals surface area contributed by atoms with E-state index in [1.165, 1.54) is 6.21 Å². The zero-order valence-corrected chi connectivity index (χ0v) is 24.4. The molecule has 3 aromatic rings. The Hall–Kier alpha value is -3.81. The van der Waals surface area contributed by atoms with Crippen LogP contribution in [0.3, 0.4) is 0 Å². The van der Waals surface area contributed by atoms with E-state index in [4.69, 9.17) is 32.7 Å². The molecule has 0 atom stereocenters. The summed E-state index contributed by atoms with van der Waals surface area (Å²) in [6.07, 6.45) is 3.84. The summed E-state index contributed by atoms with van der Waals surface area (Å²) in [5.41, 5.74) is 7.62. The fourth-order valence-corrected chi connectivity index (χ4v) is 4.30. The number of carbonyl (C=O) groups is 2. The number of amides is 2. The molecule has 0 aliphatic carbocycles. The van der Waals surface area contributed by atoms with Crippen molar-refractivity contribution in [1.29, 1.82) is 0 Å². The fourth-order valence-electron chi connectivity index (χ4n) is 3.84. The Balaban J connectivity index is 1.64. The maximum atomic E-state index is 12.3. The van der Waals surface area contributed by atoms with Crippen LogP contribution in [0.5, 0.6) is 11.5 Å². The van der Waals surface area contributed by atoms with Crippen molar-refractivity contribution in [3.63, 3.8) is 0 Å². The topological polar surface area (TPSA) is 89.0 Å². The molecule has 0 saturated heterocycles. The van der Waals surface area contributed by atoms with Crippen LogP contribution in [-0.2, 0) is 22.6 Å². The molecule has 0 heterocycles. The molecular formula is C31H33Cl2N3O4. The third kappa shape index (κ3) is 8.86. The van der Waals surface area contributed by atoms with Crippen molar-refractivity contribution in [2.45, 2.75) is 46.6 Å². The summed E-state index contributed by atoms with van der Waals surface area (Å²) < 4.78 is 12.0. The van der Waals surface area contributed by atoms with Crippen LogP contribution in [0.25, 0.3) is 0 Å². The minimum absolute atomic E-state index is 0.0000177. The lowest BCUT2D eigenvalue weighted by Crippen LogP contribution is -2.21. The smallest absolute Gasteiger partial charge is 0.240 e. The number of anilines is 1. The number of hydrogen-bond acceptors (Lipinski definition) is 5. The van der Waals surface area contributed by atoms with Crippen LogP contribution in [0, 0.1) is 13.8 Å². The van der Waals surface area contributed by atoms with Crippen molar-refractivity contribution in [1.82, 2.24) is 5.43 Å². The zero-order valence-electron chi connectivity index (χ0n) is 22.9. The average Bonchev–Trinajstić information content (AvgIpc) is 2.91. The van der Waals surface area contributed by atoms with Crippen molar-refractivity contribution in [2.75, 3.05) is 11.9 Å². The van der Waals surface area contributed by atoms with Gasteiger partial charge < -0.3 is 14.8 Å². The van der Waals surface area contributed by atoms with E-state index in [0.717, 1.165) is 27.9 Å². The fraction of sp³-hybridized carbons (Fsp3) is 0.258. The highest BCUT2D eigenvalue weighted by molar-refractivity contribution is 6.35. The minimum Gasteiger partial charge on any atom is -0.490 e. The summed E-state index contributed by atoms with van der Waals surface area (Å²) in [7, 11) is 0. The van der Waals surface area contributed by atoms with Crippen molar-refractivity contribution < 1.29 is 19.1 Å². The Kier molecular flexibility index (Phi) is 11.6. The first-order valence-corrected chi connectivity index (χ1v) is 13.6. The monoisotopic (exact) mass is 581 g/mol. The third-order valence-corrected chi connectivity index (χ3v) is 6.65. The number of rotatable bonds is 13. The average molecular weight is 583 g/mol. The van der Waals surface area contributed by atoms with E-state index < -0.39 is 0 Å². The number of benzene rings is 3. The molecule has 0 fully saturated rings. The van der Waals surface area contributed by atoms with Gasteiger partial charge in [0.15, 0.2) is 11.5 Å². The van der Waals surface area contributed by atoms with E-state index in [1.54, 1.807) is 24.3 Å². The van der Waals surface area contributed by atoms with Gasteiger partial charge in [0, 0.05) is 39.7 Å². The molecule has 210 valence electrons. The van der Waals surface area contributed by atoms with Gasteiger partial charge in [-0.3, -0.25) is 9.59 Å². The summed E-state index contributed by atoms with van der Waals surface area (Å²) in [5, 5.41) is 7.98. The van der Waals surface area contributed by atoms with Gasteiger partial charge in [0.25, 0.3) is 0 Å². The van der Waals surface area contributed by atoms with Gasteiger partial charge in [-0.15, -0.1) is 6.58 Å². The van der Waals surface area contributed by atoms with Crippen LogP contribution in [0.2, 0.25) is 10.0 Å². The van der Waals surface area contributed by atoms with Crippen molar-refractivity contribution in [3.8, 4) is 11.5 Å². The van der Waals surface area contributed by atoms with Crippen LogP contribution in [-0.4, -0.2) is 24.6 Å². The van der Waals surface area contributed by atoms with Crippen LogP contribution >= 0.6 is 23.2 Å². The molecular weight excluding hydrogens is 549 g/mol. The molecule has 0 aliphatic rings. The third-order valence-electron chi connectivity index (χ3n) is 6.07. The lowest BCUT2D eigenvalue weighted by molar-refractivity contribution is -0.124. The molecule has 0 bridgehead atoms. The van der Waals surface area contributed by atoms with Crippen molar-refractivity contribution >= 4 is 46.9 Å². The molecule has 3 aromatic carbocycles. The maximum absolute atomic E-state index is 12.3. The molecule has 0 radical (unpaired) electrons. The molecule has 0 saturated carbocycles. The maximum Gasteiger partial charge on any atom is 0.240 e. The summed E-state index contributed by atoms with van der Waals surface area (Å²) in [4.78, 5) is 24.6. The van der Waals surface area contributed by atoms with Gasteiger partial charge in [-0.05, 0) is 74.2 Å². The number of hydrogen-bond donors (Lipinski definition) is 2. The minimum atomic E-state index is -0.372. The summed E-state index contributed by atoms with van der Waals surface area (Å²) in [6, 6.07) is 14.6. The van der Waals surface area contributed by atoms with E-state index in [2.05, 4.69) is 22.4 Å². The van der Waals surface area contributed by atoms with E-state index in [-0.39, 0.29) is 31.3 Å². The number of hydrazone groups is 1. The largest absolute Gasteiger partial charge is 0.490 e. The van der Waals surface area contributed by atoms with E-state index in [1.807, 2.05) is 51.1 Å².